The van der Waals surface area contributed by atoms with Crippen molar-refractivity contribution in [1.29, 1.82) is 0 Å². The summed E-state index contributed by atoms with van der Waals surface area (Å²) in [6.07, 6.45) is 1.58. The zero-order chi connectivity index (χ0) is 22.5. The zero-order valence-corrected chi connectivity index (χ0v) is 18.3. The van der Waals surface area contributed by atoms with Crippen molar-refractivity contribution in [2.24, 2.45) is 0 Å². The van der Waals surface area contributed by atoms with Gasteiger partial charge < -0.3 is 19.9 Å². The van der Waals surface area contributed by atoms with Crippen LogP contribution in [0.2, 0.25) is 0 Å². The van der Waals surface area contributed by atoms with Gasteiger partial charge in [0.25, 0.3) is 0 Å². The van der Waals surface area contributed by atoms with Gasteiger partial charge in [-0.2, -0.15) is 0 Å². The first-order valence-electron chi connectivity index (χ1n) is 11.0. The Hall–Kier alpha value is -3.13. The van der Waals surface area contributed by atoms with E-state index < -0.39 is 0 Å². The molecule has 0 spiro atoms. The van der Waals surface area contributed by atoms with Crippen molar-refractivity contribution in [3.05, 3.63) is 59.9 Å². The van der Waals surface area contributed by atoms with Gasteiger partial charge in [-0.15, -0.1) is 0 Å². The van der Waals surface area contributed by atoms with E-state index in [0.717, 1.165) is 24.9 Å². The molecule has 2 saturated heterocycles. The second-order valence-corrected chi connectivity index (χ2v) is 8.20. The van der Waals surface area contributed by atoms with E-state index in [2.05, 4.69) is 10.2 Å². The maximum absolute atomic E-state index is 13.1. The molecule has 0 saturated carbocycles. The summed E-state index contributed by atoms with van der Waals surface area (Å²) < 4.78 is 18.5. The smallest absolute Gasteiger partial charge is 0.321 e. The minimum atomic E-state index is -0.275. The summed E-state index contributed by atoms with van der Waals surface area (Å²) in [5.41, 5.74) is 1.57. The molecule has 1 N–H and O–H groups in total. The van der Waals surface area contributed by atoms with Gasteiger partial charge in [0.2, 0.25) is 5.91 Å². The lowest BCUT2D eigenvalue weighted by Gasteiger charge is -2.27. The Morgan fingerprint density at radius 2 is 1.84 bits per heavy atom. The van der Waals surface area contributed by atoms with Crippen LogP contribution in [0, 0.1) is 5.82 Å². The number of hydrogen-bond donors (Lipinski definition) is 1. The molecule has 2 heterocycles. The average molecular weight is 441 g/mol. The summed E-state index contributed by atoms with van der Waals surface area (Å²) in [6, 6.07) is 13.3. The van der Waals surface area contributed by atoms with E-state index in [9.17, 15) is 14.0 Å². The van der Waals surface area contributed by atoms with Crippen molar-refractivity contribution in [1.82, 2.24) is 14.7 Å². The molecule has 2 fully saturated rings. The van der Waals surface area contributed by atoms with Crippen molar-refractivity contribution >= 4 is 17.6 Å². The summed E-state index contributed by atoms with van der Waals surface area (Å²) in [5.74, 6) is 0.458. The van der Waals surface area contributed by atoms with Gasteiger partial charge in [0.05, 0.1) is 18.8 Å². The quantitative estimate of drug-likeness (QED) is 0.776. The van der Waals surface area contributed by atoms with E-state index in [1.165, 1.54) is 12.1 Å². The predicted octanol–water partition coefficient (Wildman–Crippen LogP) is 3.18. The molecule has 3 amide bonds. The van der Waals surface area contributed by atoms with E-state index in [-0.39, 0.29) is 23.8 Å². The molecule has 8 heteroatoms. The number of ether oxygens (including phenoxy) is 1. The van der Waals surface area contributed by atoms with Crippen LogP contribution in [0.3, 0.4) is 0 Å². The first-order chi connectivity index (χ1) is 15.5. The molecule has 4 rings (SSSR count). The number of halogens is 1. The van der Waals surface area contributed by atoms with Gasteiger partial charge in [0, 0.05) is 39.3 Å². The highest BCUT2D eigenvalue weighted by Crippen LogP contribution is 2.24. The van der Waals surface area contributed by atoms with Crippen molar-refractivity contribution < 1.29 is 18.7 Å². The predicted molar refractivity (Wildman–Crippen MR) is 120 cm³/mol. The van der Waals surface area contributed by atoms with E-state index in [4.69, 9.17) is 4.74 Å². The van der Waals surface area contributed by atoms with E-state index in [1.807, 2.05) is 29.2 Å². The molecule has 0 aliphatic carbocycles. The van der Waals surface area contributed by atoms with Crippen LogP contribution in [0.15, 0.2) is 48.5 Å². The molecule has 2 aliphatic heterocycles. The molecular weight excluding hydrogens is 411 g/mol. The van der Waals surface area contributed by atoms with Crippen molar-refractivity contribution in [3.8, 4) is 5.75 Å². The second kappa shape index (κ2) is 9.99. The summed E-state index contributed by atoms with van der Waals surface area (Å²) in [6.45, 7) is 3.81. The Labute approximate surface area is 187 Å². The SMILES string of the molecule is COc1ccccc1NC(=O)N1CCCN(C2CCN(Cc3ccc(F)cc3)C2=O)CC1. The molecule has 0 aromatic heterocycles. The van der Waals surface area contributed by atoms with Crippen molar-refractivity contribution in [2.45, 2.75) is 25.4 Å². The lowest BCUT2D eigenvalue weighted by atomic mass is 10.2. The van der Waals surface area contributed by atoms with Gasteiger partial charge >= 0.3 is 6.03 Å². The maximum atomic E-state index is 13.1. The Kier molecular flexibility index (Phi) is 6.90. The summed E-state index contributed by atoms with van der Waals surface area (Å²) in [4.78, 5) is 31.7. The average Bonchev–Trinajstić information content (AvgIpc) is 3.00. The van der Waals surface area contributed by atoms with E-state index >= 15 is 0 Å². The molecule has 2 aromatic rings. The topological polar surface area (TPSA) is 65.1 Å². The number of nitrogens with one attached hydrogen (secondary N) is 1. The van der Waals surface area contributed by atoms with Crippen LogP contribution in [0.25, 0.3) is 0 Å². The molecule has 1 atom stereocenters. The minimum absolute atomic E-state index is 0.112. The number of anilines is 1. The van der Waals surface area contributed by atoms with Gasteiger partial charge in [0.15, 0.2) is 0 Å². The Bertz CT molecular complexity index is 953. The highest BCUT2D eigenvalue weighted by atomic mass is 19.1. The van der Waals surface area contributed by atoms with Crippen LogP contribution >= 0.6 is 0 Å². The standard InChI is InChI=1S/C24H29FN4O3/c1-32-22-6-3-2-5-20(22)26-24(31)28-13-4-12-27(15-16-28)21-11-14-29(23(21)30)17-18-7-9-19(25)10-8-18/h2-3,5-10,21H,4,11-17H2,1H3,(H,26,31). The molecule has 1 unspecified atom stereocenters. The fourth-order valence-corrected chi connectivity index (χ4v) is 4.42. The highest BCUT2D eigenvalue weighted by Gasteiger charge is 2.36. The van der Waals surface area contributed by atoms with E-state index in [1.54, 1.807) is 24.1 Å². The number of carbonyl (C=O) groups excluding carboxylic acids is 2. The molecule has 0 radical (unpaired) electrons. The molecular formula is C24H29FN4O3. The highest BCUT2D eigenvalue weighted by molar-refractivity contribution is 5.91. The molecule has 2 aromatic carbocycles. The first-order valence-corrected chi connectivity index (χ1v) is 11.0. The Morgan fingerprint density at radius 1 is 1.06 bits per heavy atom. The first kappa shape index (κ1) is 22.1. The third kappa shape index (κ3) is 5.02. The molecule has 170 valence electrons. The van der Waals surface area contributed by atoms with Gasteiger partial charge in [0.1, 0.15) is 11.6 Å². The molecule has 32 heavy (non-hydrogen) atoms. The Balaban J connectivity index is 1.32. The fourth-order valence-electron chi connectivity index (χ4n) is 4.42. The molecule has 7 nitrogen and oxygen atoms in total. The summed E-state index contributed by atoms with van der Waals surface area (Å²) in [7, 11) is 1.58. The lowest BCUT2D eigenvalue weighted by Crippen LogP contribution is -2.44. The fraction of sp³-hybridized carbons (Fsp3) is 0.417. The van der Waals surface area contributed by atoms with Crippen LogP contribution in [0.1, 0.15) is 18.4 Å². The van der Waals surface area contributed by atoms with Gasteiger partial charge in [-0.1, -0.05) is 24.3 Å². The van der Waals surface area contributed by atoms with Crippen molar-refractivity contribution in [2.75, 3.05) is 45.2 Å². The van der Waals surface area contributed by atoms with Gasteiger partial charge in [-0.25, -0.2) is 9.18 Å². The van der Waals surface area contributed by atoms with Crippen LogP contribution in [0.4, 0.5) is 14.9 Å². The second-order valence-electron chi connectivity index (χ2n) is 8.20. The number of rotatable bonds is 5. The number of likely N-dealkylation sites (tertiary alicyclic amines) is 1. The van der Waals surface area contributed by atoms with Crippen LogP contribution in [0.5, 0.6) is 5.75 Å². The third-order valence-electron chi connectivity index (χ3n) is 6.16. The maximum Gasteiger partial charge on any atom is 0.321 e. The third-order valence-corrected chi connectivity index (χ3v) is 6.16. The number of para-hydroxylation sites is 2. The minimum Gasteiger partial charge on any atom is -0.495 e. The number of nitrogens with zero attached hydrogens (tertiary/aromatic N) is 3. The number of amides is 3. The summed E-state index contributed by atoms with van der Waals surface area (Å²) >= 11 is 0. The number of carbonyl (C=O) groups is 2. The van der Waals surface area contributed by atoms with Gasteiger partial charge in [-0.05, 0) is 42.7 Å². The lowest BCUT2D eigenvalue weighted by molar-refractivity contribution is -0.132. The zero-order valence-electron chi connectivity index (χ0n) is 18.3. The Morgan fingerprint density at radius 3 is 2.62 bits per heavy atom. The van der Waals surface area contributed by atoms with Crippen molar-refractivity contribution in [3.63, 3.8) is 0 Å². The monoisotopic (exact) mass is 440 g/mol. The molecule has 2 aliphatic rings. The van der Waals surface area contributed by atoms with Crippen LogP contribution in [-0.4, -0.2) is 72.5 Å². The van der Waals surface area contributed by atoms with E-state index in [0.29, 0.717) is 44.2 Å². The largest absolute Gasteiger partial charge is 0.495 e. The molecule has 0 bridgehead atoms. The normalized spacial score (nSPS) is 19.7. The number of benzene rings is 2. The van der Waals surface area contributed by atoms with Gasteiger partial charge in [-0.3, -0.25) is 9.69 Å². The van der Waals surface area contributed by atoms with Crippen LogP contribution < -0.4 is 10.1 Å². The number of hydrogen-bond acceptors (Lipinski definition) is 4. The number of urea groups is 1. The summed E-state index contributed by atoms with van der Waals surface area (Å²) in [5, 5.41) is 2.93. The van der Waals surface area contributed by atoms with Crippen LogP contribution in [-0.2, 0) is 11.3 Å². The number of methoxy groups -OCH3 is 1.